The zero-order valence-corrected chi connectivity index (χ0v) is 10.4. The maximum Gasteiger partial charge on any atom is 0.132 e. The standard InChI is InChI=1S/C13H13N3S/c1-9-6-7-14-13(8-9)16-12-5-3-4-11(15-12)10(2)17/h3-8,17H,2H2,1H3,(H,14,15,16). The third-order valence-corrected chi connectivity index (χ3v) is 2.45. The summed E-state index contributed by atoms with van der Waals surface area (Å²) in [5, 5.41) is 3.14. The molecule has 0 amide bonds. The van der Waals surface area contributed by atoms with Crippen molar-refractivity contribution >= 4 is 29.2 Å². The van der Waals surface area contributed by atoms with Gasteiger partial charge in [0.2, 0.25) is 0 Å². The third-order valence-electron chi connectivity index (χ3n) is 2.22. The molecule has 0 aromatic carbocycles. The summed E-state index contributed by atoms with van der Waals surface area (Å²) in [5.41, 5.74) is 1.91. The molecule has 2 aromatic heterocycles. The van der Waals surface area contributed by atoms with E-state index in [9.17, 15) is 0 Å². The highest BCUT2D eigenvalue weighted by molar-refractivity contribution is 7.90. The van der Waals surface area contributed by atoms with Crippen LogP contribution in [-0.4, -0.2) is 9.97 Å². The Labute approximate surface area is 106 Å². The fourth-order valence-electron chi connectivity index (χ4n) is 1.40. The number of aromatic nitrogens is 2. The van der Waals surface area contributed by atoms with Crippen LogP contribution in [0.4, 0.5) is 11.6 Å². The Balaban J connectivity index is 2.24. The number of hydrogen-bond acceptors (Lipinski definition) is 4. The van der Waals surface area contributed by atoms with E-state index in [1.807, 2.05) is 37.3 Å². The van der Waals surface area contributed by atoms with Crippen LogP contribution in [0, 0.1) is 6.92 Å². The van der Waals surface area contributed by atoms with E-state index in [1.165, 1.54) is 0 Å². The van der Waals surface area contributed by atoms with Crippen LogP contribution in [0.25, 0.3) is 4.91 Å². The second-order valence-corrected chi connectivity index (χ2v) is 4.24. The molecule has 0 unspecified atom stereocenters. The number of hydrogen-bond donors (Lipinski definition) is 2. The Kier molecular flexibility index (Phi) is 3.44. The van der Waals surface area contributed by atoms with Gasteiger partial charge in [0, 0.05) is 11.1 Å². The number of aryl methyl sites for hydroxylation is 1. The summed E-state index contributed by atoms with van der Waals surface area (Å²) in [6.45, 7) is 5.77. The minimum atomic E-state index is 0.644. The molecule has 0 aliphatic carbocycles. The van der Waals surface area contributed by atoms with Crippen LogP contribution >= 0.6 is 12.6 Å². The van der Waals surface area contributed by atoms with Gasteiger partial charge in [-0.2, -0.15) is 0 Å². The quantitative estimate of drug-likeness (QED) is 0.811. The lowest BCUT2D eigenvalue weighted by molar-refractivity contribution is 1.22. The number of nitrogens with zero attached hydrogens (tertiary/aromatic N) is 2. The van der Waals surface area contributed by atoms with Crippen molar-refractivity contribution in [2.45, 2.75) is 6.92 Å². The molecule has 3 nitrogen and oxygen atoms in total. The van der Waals surface area contributed by atoms with Gasteiger partial charge in [0.15, 0.2) is 0 Å². The van der Waals surface area contributed by atoms with Gasteiger partial charge >= 0.3 is 0 Å². The summed E-state index contributed by atoms with van der Waals surface area (Å²) >= 11 is 4.18. The van der Waals surface area contributed by atoms with E-state index in [-0.39, 0.29) is 0 Å². The average molecular weight is 243 g/mol. The topological polar surface area (TPSA) is 37.8 Å². The molecule has 0 fully saturated rings. The van der Waals surface area contributed by atoms with E-state index in [0.717, 1.165) is 22.9 Å². The minimum Gasteiger partial charge on any atom is -0.325 e. The van der Waals surface area contributed by atoms with E-state index in [1.54, 1.807) is 6.20 Å². The van der Waals surface area contributed by atoms with E-state index in [2.05, 4.69) is 34.5 Å². The second-order valence-electron chi connectivity index (χ2n) is 3.70. The molecule has 2 aromatic rings. The Hall–Kier alpha value is -1.81. The molecular weight excluding hydrogens is 230 g/mol. The number of thiol groups is 1. The van der Waals surface area contributed by atoms with Gasteiger partial charge in [-0.15, -0.1) is 12.6 Å². The van der Waals surface area contributed by atoms with Crippen molar-refractivity contribution in [2.24, 2.45) is 0 Å². The molecule has 86 valence electrons. The molecule has 1 N–H and O–H groups in total. The summed E-state index contributed by atoms with van der Waals surface area (Å²) in [7, 11) is 0. The Morgan fingerprint density at radius 2 is 2.12 bits per heavy atom. The summed E-state index contributed by atoms with van der Waals surface area (Å²) in [4.78, 5) is 9.23. The first-order valence-corrected chi connectivity index (χ1v) is 5.65. The van der Waals surface area contributed by atoms with Crippen molar-refractivity contribution in [2.75, 3.05) is 5.32 Å². The zero-order valence-electron chi connectivity index (χ0n) is 9.51. The predicted molar refractivity (Wildman–Crippen MR) is 74.5 cm³/mol. The molecule has 0 aliphatic heterocycles. The molecular formula is C13H13N3S. The maximum atomic E-state index is 4.37. The lowest BCUT2D eigenvalue weighted by Gasteiger charge is -2.06. The van der Waals surface area contributed by atoms with Crippen LogP contribution in [0.2, 0.25) is 0 Å². The summed E-state index contributed by atoms with van der Waals surface area (Å²) in [6, 6.07) is 9.56. The van der Waals surface area contributed by atoms with Crippen LogP contribution in [0.15, 0.2) is 43.1 Å². The van der Waals surface area contributed by atoms with E-state index in [0.29, 0.717) is 4.91 Å². The second kappa shape index (κ2) is 5.01. The first-order chi connectivity index (χ1) is 8.15. The highest BCUT2D eigenvalue weighted by atomic mass is 32.1. The van der Waals surface area contributed by atoms with Crippen molar-refractivity contribution in [3.05, 3.63) is 54.4 Å². The highest BCUT2D eigenvalue weighted by Crippen LogP contribution is 2.18. The van der Waals surface area contributed by atoms with Crippen molar-refractivity contribution in [1.82, 2.24) is 9.97 Å². The fourth-order valence-corrected chi connectivity index (χ4v) is 1.53. The van der Waals surface area contributed by atoms with Gasteiger partial charge in [-0.3, -0.25) is 0 Å². The van der Waals surface area contributed by atoms with Crippen molar-refractivity contribution in [1.29, 1.82) is 0 Å². The highest BCUT2D eigenvalue weighted by Gasteiger charge is 2.00. The number of anilines is 2. The van der Waals surface area contributed by atoms with Gasteiger partial charge in [-0.1, -0.05) is 12.6 Å². The van der Waals surface area contributed by atoms with Gasteiger partial charge in [-0.05, 0) is 36.8 Å². The van der Waals surface area contributed by atoms with Crippen molar-refractivity contribution in [3.63, 3.8) is 0 Å². The molecule has 0 aliphatic rings. The molecule has 2 rings (SSSR count). The van der Waals surface area contributed by atoms with Crippen LogP contribution in [0.5, 0.6) is 0 Å². The molecule has 0 saturated heterocycles. The number of rotatable bonds is 3. The van der Waals surface area contributed by atoms with Gasteiger partial charge in [0.25, 0.3) is 0 Å². The zero-order chi connectivity index (χ0) is 12.3. The van der Waals surface area contributed by atoms with Crippen LogP contribution in [0.3, 0.4) is 0 Å². The largest absolute Gasteiger partial charge is 0.325 e. The van der Waals surface area contributed by atoms with Gasteiger partial charge in [0.05, 0.1) is 5.69 Å². The molecule has 0 bridgehead atoms. The van der Waals surface area contributed by atoms with Crippen LogP contribution in [-0.2, 0) is 0 Å². The van der Waals surface area contributed by atoms with Gasteiger partial charge in [0.1, 0.15) is 11.6 Å². The smallest absolute Gasteiger partial charge is 0.132 e. The van der Waals surface area contributed by atoms with E-state index >= 15 is 0 Å². The van der Waals surface area contributed by atoms with Crippen LogP contribution < -0.4 is 5.32 Å². The molecule has 0 saturated carbocycles. The summed E-state index contributed by atoms with van der Waals surface area (Å²) < 4.78 is 0. The molecule has 2 heterocycles. The normalized spacial score (nSPS) is 10.0. The molecule has 17 heavy (non-hydrogen) atoms. The Bertz CT molecular complexity index is 552. The van der Waals surface area contributed by atoms with Gasteiger partial charge in [-0.25, -0.2) is 9.97 Å². The first kappa shape index (κ1) is 11.7. The molecule has 4 heteroatoms. The molecule has 0 spiro atoms. The molecule has 0 atom stereocenters. The Morgan fingerprint density at radius 1 is 1.29 bits per heavy atom. The lowest BCUT2D eigenvalue weighted by Crippen LogP contribution is -1.97. The SMILES string of the molecule is C=C(S)c1cccc(Nc2cc(C)ccn2)n1. The molecule has 0 radical (unpaired) electrons. The fraction of sp³-hybridized carbons (Fsp3) is 0.0769. The number of nitrogens with one attached hydrogen (secondary N) is 1. The summed E-state index contributed by atoms with van der Waals surface area (Å²) in [5.74, 6) is 1.51. The van der Waals surface area contributed by atoms with E-state index in [4.69, 9.17) is 0 Å². The Morgan fingerprint density at radius 3 is 2.82 bits per heavy atom. The predicted octanol–water partition coefficient (Wildman–Crippen LogP) is 3.43. The van der Waals surface area contributed by atoms with Crippen molar-refractivity contribution < 1.29 is 0 Å². The summed E-state index contributed by atoms with van der Waals surface area (Å²) in [6.07, 6.45) is 1.76. The number of pyridine rings is 2. The average Bonchev–Trinajstić information content (AvgIpc) is 2.29. The monoisotopic (exact) mass is 243 g/mol. The van der Waals surface area contributed by atoms with Gasteiger partial charge < -0.3 is 5.32 Å². The van der Waals surface area contributed by atoms with Crippen LogP contribution in [0.1, 0.15) is 11.3 Å². The third kappa shape index (κ3) is 3.07. The lowest BCUT2D eigenvalue weighted by atomic mass is 10.3. The minimum absolute atomic E-state index is 0.644. The van der Waals surface area contributed by atoms with E-state index < -0.39 is 0 Å². The maximum absolute atomic E-state index is 4.37. The first-order valence-electron chi connectivity index (χ1n) is 5.20. The van der Waals surface area contributed by atoms with Crippen molar-refractivity contribution in [3.8, 4) is 0 Å².